The summed E-state index contributed by atoms with van der Waals surface area (Å²) in [7, 11) is 0. The van der Waals surface area contributed by atoms with Gasteiger partial charge in [-0.05, 0) is 55.8 Å². The van der Waals surface area contributed by atoms with Crippen molar-refractivity contribution in [3.8, 4) is 11.6 Å². The van der Waals surface area contributed by atoms with Crippen LogP contribution in [0.2, 0.25) is 0 Å². The number of hydrogen-bond donors (Lipinski definition) is 1. The molecule has 0 aliphatic heterocycles. The standard InChI is InChI=1S/C23H22FN3O5/c1-3-19(22(29)25-17-7-5-6-15(14-17)23(30)31-4-2)32-20-12-13-21(28)27(26-20)18-10-8-16(24)9-11-18/h5-14,19H,3-4H2,1-2H3,(H,25,29). The lowest BCUT2D eigenvalue weighted by Crippen LogP contribution is -2.33. The Hall–Kier alpha value is -4.01. The van der Waals surface area contributed by atoms with Gasteiger partial charge in [0, 0.05) is 17.8 Å². The Morgan fingerprint density at radius 2 is 1.84 bits per heavy atom. The maximum atomic E-state index is 13.2. The molecule has 0 saturated carbocycles. The third-order valence-electron chi connectivity index (χ3n) is 4.41. The Labute approximate surface area is 183 Å². The first-order valence-corrected chi connectivity index (χ1v) is 10.0. The van der Waals surface area contributed by atoms with Crippen molar-refractivity contribution in [2.24, 2.45) is 0 Å². The van der Waals surface area contributed by atoms with Gasteiger partial charge in [0.2, 0.25) is 5.88 Å². The van der Waals surface area contributed by atoms with Gasteiger partial charge in [-0.2, -0.15) is 4.68 Å². The molecule has 1 unspecified atom stereocenters. The van der Waals surface area contributed by atoms with E-state index in [-0.39, 0.29) is 12.5 Å². The maximum Gasteiger partial charge on any atom is 0.338 e. The van der Waals surface area contributed by atoms with Gasteiger partial charge < -0.3 is 14.8 Å². The van der Waals surface area contributed by atoms with Crippen LogP contribution in [0.1, 0.15) is 30.6 Å². The molecular formula is C23H22FN3O5. The van der Waals surface area contributed by atoms with Crippen molar-refractivity contribution >= 4 is 17.6 Å². The quantitative estimate of drug-likeness (QED) is 0.541. The summed E-state index contributed by atoms with van der Waals surface area (Å²) in [5, 5.41) is 6.83. The molecule has 3 rings (SSSR count). The lowest BCUT2D eigenvalue weighted by atomic mass is 10.2. The van der Waals surface area contributed by atoms with E-state index < -0.39 is 29.4 Å². The van der Waals surface area contributed by atoms with E-state index in [0.29, 0.717) is 23.4 Å². The summed E-state index contributed by atoms with van der Waals surface area (Å²) >= 11 is 0. The number of benzene rings is 2. The zero-order chi connectivity index (χ0) is 23.1. The maximum absolute atomic E-state index is 13.2. The Morgan fingerprint density at radius 1 is 1.09 bits per heavy atom. The number of rotatable bonds is 8. The van der Waals surface area contributed by atoms with E-state index in [1.54, 1.807) is 32.0 Å². The van der Waals surface area contributed by atoms with Crippen LogP contribution in [0.5, 0.6) is 5.88 Å². The van der Waals surface area contributed by atoms with Crippen LogP contribution in [-0.2, 0) is 9.53 Å². The third kappa shape index (κ3) is 5.57. The molecule has 3 aromatic rings. The first kappa shape index (κ1) is 22.7. The third-order valence-corrected chi connectivity index (χ3v) is 4.41. The second-order valence-electron chi connectivity index (χ2n) is 6.70. The van der Waals surface area contributed by atoms with E-state index in [1.165, 1.54) is 42.5 Å². The zero-order valence-electron chi connectivity index (χ0n) is 17.6. The SMILES string of the molecule is CCOC(=O)c1cccc(NC(=O)C(CC)Oc2ccc(=O)n(-c3ccc(F)cc3)n2)c1. The minimum Gasteiger partial charge on any atom is -0.463 e. The van der Waals surface area contributed by atoms with Crippen LogP contribution in [0.4, 0.5) is 10.1 Å². The Kier molecular flexibility index (Phi) is 7.33. The molecule has 9 heteroatoms. The molecule has 0 aliphatic rings. The molecule has 1 N–H and O–H groups in total. The predicted molar refractivity (Wildman–Crippen MR) is 116 cm³/mol. The molecule has 0 saturated heterocycles. The highest BCUT2D eigenvalue weighted by Crippen LogP contribution is 2.15. The Bertz CT molecular complexity index is 1160. The van der Waals surface area contributed by atoms with Crippen LogP contribution >= 0.6 is 0 Å². The molecule has 0 aliphatic carbocycles. The van der Waals surface area contributed by atoms with Gasteiger partial charge in [0.1, 0.15) is 5.82 Å². The van der Waals surface area contributed by atoms with Crippen molar-refractivity contribution < 1.29 is 23.5 Å². The summed E-state index contributed by atoms with van der Waals surface area (Å²) in [6.45, 7) is 3.71. The van der Waals surface area contributed by atoms with Crippen molar-refractivity contribution in [3.05, 3.63) is 82.4 Å². The fraction of sp³-hybridized carbons (Fsp3) is 0.217. The molecule has 1 aromatic heterocycles. The summed E-state index contributed by atoms with van der Waals surface area (Å²) in [5.41, 5.74) is 0.644. The van der Waals surface area contributed by atoms with E-state index >= 15 is 0 Å². The van der Waals surface area contributed by atoms with Crippen molar-refractivity contribution in [3.63, 3.8) is 0 Å². The van der Waals surface area contributed by atoms with E-state index in [2.05, 4.69) is 10.4 Å². The fourth-order valence-electron chi connectivity index (χ4n) is 2.85. The van der Waals surface area contributed by atoms with E-state index in [4.69, 9.17) is 9.47 Å². The first-order chi connectivity index (χ1) is 15.4. The fourth-order valence-corrected chi connectivity index (χ4v) is 2.85. The van der Waals surface area contributed by atoms with Gasteiger partial charge in [-0.1, -0.05) is 13.0 Å². The van der Waals surface area contributed by atoms with Crippen molar-refractivity contribution in [1.82, 2.24) is 9.78 Å². The van der Waals surface area contributed by atoms with Gasteiger partial charge in [0.05, 0.1) is 17.9 Å². The molecular weight excluding hydrogens is 417 g/mol. The average Bonchev–Trinajstić information content (AvgIpc) is 2.79. The zero-order valence-corrected chi connectivity index (χ0v) is 17.6. The normalized spacial score (nSPS) is 11.5. The molecule has 2 aromatic carbocycles. The lowest BCUT2D eigenvalue weighted by molar-refractivity contribution is -0.123. The number of carbonyl (C=O) groups excluding carboxylic acids is 2. The summed E-state index contributed by atoms with van der Waals surface area (Å²) in [6.07, 6.45) is -0.589. The van der Waals surface area contributed by atoms with Crippen LogP contribution in [0, 0.1) is 5.82 Å². The molecule has 166 valence electrons. The number of nitrogens with one attached hydrogen (secondary N) is 1. The smallest absolute Gasteiger partial charge is 0.338 e. The first-order valence-electron chi connectivity index (χ1n) is 10.0. The van der Waals surface area contributed by atoms with Crippen LogP contribution in [-0.4, -0.2) is 34.4 Å². The summed E-state index contributed by atoms with van der Waals surface area (Å²) < 4.78 is 24.9. The minimum atomic E-state index is -0.909. The molecule has 32 heavy (non-hydrogen) atoms. The van der Waals surface area contributed by atoms with Gasteiger partial charge in [-0.3, -0.25) is 9.59 Å². The van der Waals surface area contributed by atoms with Gasteiger partial charge in [0.15, 0.2) is 6.10 Å². The van der Waals surface area contributed by atoms with Crippen LogP contribution in [0.3, 0.4) is 0 Å². The van der Waals surface area contributed by atoms with Crippen LogP contribution in [0.15, 0.2) is 65.5 Å². The van der Waals surface area contributed by atoms with E-state index in [1.807, 2.05) is 0 Å². The second kappa shape index (κ2) is 10.3. The topological polar surface area (TPSA) is 99.5 Å². The Morgan fingerprint density at radius 3 is 2.53 bits per heavy atom. The number of anilines is 1. The molecule has 1 heterocycles. The second-order valence-corrected chi connectivity index (χ2v) is 6.70. The summed E-state index contributed by atoms with van der Waals surface area (Å²) in [6, 6.07) is 14.2. The number of amides is 1. The van der Waals surface area contributed by atoms with Gasteiger partial charge in [0.25, 0.3) is 11.5 Å². The highest BCUT2D eigenvalue weighted by atomic mass is 19.1. The summed E-state index contributed by atoms with van der Waals surface area (Å²) in [4.78, 5) is 36.8. The molecule has 1 atom stereocenters. The molecule has 0 radical (unpaired) electrons. The van der Waals surface area contributed by atoms with Gasteiger partial charge in [-0.15, -0.1) is 5.10 Å². The predicted octanol–water partition coefficient (Wildman–Crippen LogP) is 3.34. The molecule has 8 nitrogen and oxygen atoms in total. The molecule has 0 fully saturated rings. The summed E-state index contributed by atoms with van der Waals surface area (Å²) in [5.74, 6) is -1.32. The van der Waals surface area contributed by atoms with E-state index in [0.717, 1.165) is 4.68 Å². The number of carbonyl (C=O) groups is 2. The van der Waals surface area contributed by atoms with E-state index in [9.17, 15) is 18.8 Å². The van der Waals surface area contributed by atoms with Crippen LogP contribution in [0.25, 0.3) is 5.69 Å². The highest BCUT2D eigenvalue weighted by Gasteiger charge is 2.20. The van der Waals surface area contributed by atoms with Crippen molar-refractivity contribution in [1.29, 1.82) is 0 Å². The molecule has 1 amide bonds. The number of hydrogen-bond acceptors (Lipinski definition) is 6. The number of nitrogens with zero attached hydrogens (tertiary/aromatic N) is 2. The Balaban J connectivity index is 1.75. The largest absolute Gasteiger partial charge is 0.463 e. The van der Waals surface area contributed by atoms with Crippen molar-refractivity contribution in [2.75, 3.05) is 11.9 Å². The number of aromatic nitrogens is 2. The average molecular weight is 439 g/mol. The van der Waals surface area contributed by atoms with Gasteiger partial charge >= 0.3 is 5.97 Å². The minimum absolute atomic E-state index is 0.0520. The van der Waals surface area contributed by atoms with Gasteiger partial charge in [-0.25, -0.2) is 9.18 Å². The monoisotopic (exact) mass is 439 g/mol. The molecule has 0 bridgehead atoms. The number of esters is 1. The number of halogens is 1. The lowest BCUT2D eigenvalue weighted by Gasteiger charge is -2.17. The van der Waals surface area contributed by atoms with Crippen LogP contribution < -0.4 is 15.6 Å². The highest BCUT2D eigenvalue weighted by molar-refractivity contribution is 5.96. The molecule has 0 spiro atoms. The number of ether oxygens (including phenoxy) is 2. The van der Waals surface area contributed by atoms with Crippen molar-refractivity contribution in [2.45, 2.75) is 26.4 Å².